The van der Waals surface area contributed by atoms with Crippen LogP contribution in [0.4, 0.5) is 0 Å². The van der Waals surface area contributed by atoms with Crippen LogP contribution in [-0.2, 0) is 0 Å². The molecule has 0 unspecified atom stereocenters. The second-order valence-electron chi connectivity index (χ2n) is 11.9. The fourth-order valence-corrected chi connectivity index (χ4v) is 6.26. The summed E-state index contributed by atoms with van der Waals surface area (Å²) in [5.41, 5.74) is 10.0. The van der Waals surface area contributed by atoms with E-state index >= 15 is 0 Å². The number of hydrogen-bond acceptors (Lipinski definition) is 7. The minimum atomic E-state index is 0.573. The van der Waals surface area contributed by atoms with Gasteiger partial charge in [0.05, 0.1) is 22.4 Å². The third-order valence-electron chi connectivity index (χ3n) is 8.69. The highest BCUT2D eigenvalue weighted by atomic mass is 15.0. The summed E-state index contributed by atoms with van der Waals surface area (Å²) in [6.07, 6.45) is 7.31. The molecule has 0 radical (unpaired) electrons. The number of pyridine rings is 4. The zero-order valence-corrected chi connectivity index (χ0v) is 26.7. The Balaban J connectivity index is 1.28. The summed E-state index contributed by atoms with van der Waals surface area (Å²) in [6.45, 7) is 0. The van der Waals surface area contributed by atoms with Gasteiger partial charge in [0, 0.05) is 57.8 Å². The molecule has 9 rings (SSSR count). The van der Waals surface area contributed by atoms with Crippen molar-refractivity contribution in [3.63, 3.8) is 0 Å². The average molecular weight is 642 g/mol. The molecule has 0 saturated carbocycles. The first-order valence-corrected chi connectivity index (χ1v) is 16.3. The molecule has 9 aromatic rings. The quantitative estimate of drug-likeness (QED) is 0.167. The molecular formula is C43H27N7. The lowest BCUT2D eigenvalue weighted by Gasteiger charge is -2.14. The molecule has 0 atom stereocenters. The maximum Gasteiger partial charge on any atom is 0.164 e. The minimum absolute atomic E-state index is 0.573. The average Bonchev–Trinajstić information content (AvgIpc) is 3.21. The Morgan fingerprint density at radius 1 is 0.340 bits per heavy atom. The van der Waals surface area contributed by atoms with E-state index in [9.17, 15) is 0 Å². The van der Waals surface area contributed by atoms with Crippen LogP contribution < -0.4 is 0 Å². The third kappa shape index (κ3) is 5.52. The smallest absolute Gasteiger partial charge is 0.164 e. The first-order chi connectivity index (χ1) is 24.8. The molecule has 7 heteroatoms. The van der Waals surface area contributed by atoms with Crippen molar-refractivity contribution in [3.05, 3.63) is 164 Å². The molecule has 0 aliphatic carbocycles. The van der Waals surface area contributed by atoms with Crippen molar-refractivity contribution < 1.29 is 0 Å². The van der Waals surface area contributed by atoms with E-state index in [0.717, 1.165) is 72.1 Å². The van der Waals surface area contributed by atoms with Crippen LogP contribution in [0.25, 0.3) is 89.6 Å². The van der Waals surface area contributed by atoms with E-state index in [4.69, 9.17) is 24.9 Å². The predicted molar refractivity (Wildman–Crippen MR) is 199 cm³/mol. The van der Waals surface area contributed by atoms with Gasteiger partial charge < -0.3 is 0 Å². The van der Waals surface area contributed by atoms with Crippen LogP contribution in [0, 0.1) is 0 Å². The van der Waals surface area contributed by atoms with E-state index in [2.05, 4.69) is 52.4 Å². The van der Waals surface area contributed by atoms with Gasteiger partial charge in [0.25, 0.3) is 0 Å². The lowest BCUT2D eigenvalue weighted by Crippen LogP contribution is -2.00. The van der Waals surface area contributed by atoms with Gasteiger partial charge in [-0.15, -0.1) is 0 Å². The number of rotatable bonds is 6. The van der Waals surface area contributed by atoms with Crippen molar-refractivity contribution in [2.24, 2.45) is 0 Å². The Morgan fingerprint density at radius 3 is 1.62 bits per heavy atom. The van der Waals surface area contributed by atoms with Crippen LogP contribution in [0.2, 0.25) is 0 Å². The molecule has 50 heavy (non-hydrogen) atoms. The van der Waals surface area contributed by atoms with Gasteiger partial charge >= 0.3 is 0 Å². The number of nitrogens with zero attached hydrogens (tertiary/aromatic N) is 7. The highest BCUT2D eigenvalue weighted by Gasteiger charge is 2.17. The second-order valence-corrected chi connectivity index (χ2v) is 11.9. The molecule has 5 heterocycles. The number of hydrogen-bond donors (Lipinski definition) is 0. The molecule has 0 aliphatic heterocycles. The molecule has 0 fully saturated rings. The lowest BCUT2D eigenvalue weighted by atomic mass is 9.93. The molecule has 0 spiro atoms. The van der Waals surface area contributed by atoms with Crippen molar-refractivity contribution in [2.45, 2.75) is 0 Å². The van der Waals surface area contributed by atoms with Crippen LogP contribution >= 0.6 is 0 Å². The largest absolute Gasteiger partial charge is 0.255 e. The summed E-state index contributed by atoms with van der Waals surface area (Å²) in [5.74, 6) is 1.78. The molecule has 4 aromatic carbocycles. The van der Waals surface area contributed by atoms with Crippen LogP contribution in [0.3, 0.4) is 0 Å². The van der Waals surface area contributed by atoms with Crippen LogP contribution in [-0.4, -0.2) is 34.9 Å². The van der Waals surface area contributed by atoms with Crippen molar-refractivity contribution in [1.29, 1.82) is 0 Å². The van der Waals surface area contributed by atoms with Crippen LogP contribution in [0.15, 0.2) is 164 Å². The van der Waals surface area contributed by atoms with Crippen LogP contribution in [0.5, 0.6) is 0 Å². The summed E-state index contributed by atoms with van der Waals surface area (Å²) in [7, 11) is 0. The van der Waals surface area contributed by atoms with Gasteiger partial charge in [0.15, 0.2) is 17.5 Å². The third-order valence-corrected chi connectivity index (χ3v) is 8.69. The molecule has 0 N–H and O–H groups in total. The summed E-state index contributed by atoms with van der Waals surface area (Å²) < 4.78 is 0. The minimum Gasteiger partial charge on any atom is -0.255 e. The molecule has 7 nitrogen and oxygen atoms in total. The summed E-state index contributed by atoms with van der Waals surface area (Å²) in [4.78, 5) is 33.8. The fraction of sp³-hybridized carbons (Fsp3) is 0. The highest BCUT2D eigenvalue weighted by Crippen LogP contribution is 2.38. The molecule has 0 aliphatic rings. The standard InChI is InChI=1S/C43H27N7/c1-3-11-28(12-4-1)41-48-42(29-13-5-2-6-14-29)50-43(49-41)34-24-32(31-18-19-38(47-27-31)37-17-7-8-20-44-37)23-33(25-34)36-26-30-15-9-21-45-39(30)40-35(36)16-10-22-46-40/h1-27H. The fourth-order valence-electron chi connectivity index (χ4n) is 6.26. The van der Waals surface area contributed by atoms with Gasteiger partial charge in [-0.1, -0.05) is 84.9 Å². The van der Waals surface area contributed by atoms with Crippen molar-refractivity contribution in [1.82, 2.24) is 34.9 Å². The van der Waals surface area contributed by atoms with Crippen molar-refractivity contribution >= 4 is 21.8 Å². The van der Waals surface area contributed by atoms with E-state index in [1.807, 2.05) is 116 Å². The maximum absolute atomic E-state index is 5.07. The first kappa shape index (κ1) is 29.2. The van der Waals surface area contributed by atoms with Crippen molar-refractivity contribution in [2.75, 3.05) is 0 Å². The summed E-state index contributed by atoms with van der Waals surface area (Å²) in [6, 6.07) is 46.7. The summed E-state index contributed by atoms with van der Waals surface area (Å²) in [5, 5.41) is 2.02. The second kappa shape index (κ2) is 12.6. The zero-order chi connectivity index (χ0) is 33.3. The lowest BCUT2D eigenvalue weighted by molar-refractivity contribution is 1.07. The molecule has 0 amide bonds. The highest BCUT2D eigenvalue weighted by molar-refractivity contribution is 6.10. The van der Waals surface area contributed by atoms with E-state index < -0.39 is 0 Å². The van der Waals surface area contributed by atoms with E-state index in [0.29, 0.717) is 17.5 Å². The Bertz CT molecular complexity index is 2570. The number of fused-ring (bicyclic) bond motifs is 3. The SMILES string of the molecule is c1ccc(-c2nc(-c3ccccc3)nc(-c3cc(-c4ccc(-c5ccccn5)nc4)cc(-c4cc5cccnc5c5ncccc45)c3)n2)cc1. The molecule has 234 valence electrons. The normalized spacial score (nSPS) is 11.2. The first-order valence-electron chi connectivity index (χ1n) is 16.3. The van der Waals surface area contributed by atoms with Gasteiger partial charge in [-0.3, -0.25) is 19.9 Å². The zero-order valence-electron chi connectivity index (χ0n) is 26.7. The summed E-state index contributed by atoms with van der Waals surface area (Å²) >= 11 is 0. The van der Waals surface area contributed by atoms with Crippen molar-refractivity contribution in [3.8, 4) is 67.8 Å². The molecule has 5 aromatic heterocycles. The van der Waals surface area contributed by atoms with Gasteiger partial charge in [-0.05, 0) is 71.3 Å². The van der Waals surface area contributed by atoms with E-state index in [-0.39, 0.29) is 0 Å². The van der Waals surface area contributed by atoms with Gasteiger partial charge in [0.1, 0.15) is 0 Å². The van der Waals surface area contributed by atoms with E-state index in [1.165, 1.54) is 0 Å². The topological polar surface area (TPSA) is 90.2 Å². The van der Waals surface area contributed by atoms with E-state index in [1.54, 1.807) is 6.20 Å². The Morgan fingerprint density at radius 2 is 0.940 bits per heavy atom. The Labute approximate surface area is 288 Å². The molecule has 0 saturated heterocycles. The van der Waals surface area contributed by atoms with Gasteiger partial charge in [-0.2, -0.15) is 0 Å². The molecular weight excluding hydrogens is 615 g/mol. The molecule has 0 bridgehead atoms. The Hall–Kier alpha value is -6.99. The predicted octanol–water partition coefficient (Wildman–Crippen LogP) is 9.76. The Kier molecular flexibility index (Phi) is 7.33. The van der Waals surface area contributed by atoms with Gasteiger partial charge in [0.2, 0.25) is 0 Å². The monoisotopic (exact) mass is 641 g/mol. The van der Waals surface area contributed by atoms with Crippen LogP contribution in [0.1, 0.15) is 0 Å². The van der Waals surface area contributed by atoms with Gasteiger partial charge in [-0.25, -0.2) is 15.0 Å². The number of benzene rings is 4. The number of aromatic nitrogens is 7. The maximum atomic E-state index is 5.07.